The zero-order chi connectivity index (χ0) is 28.4. The summed E-state index contributed by atoms with van der Waals surface area (Å²) in [6, 6.07) is 4.48. The van der Waals surface area contributed by atoms with Crippen LogP contribution in [-0.4, -0.2) is 77.0 Å². The predicted molar refractivity (Wildman–Crippen MR) is 155 cm³/mol. The molecule has 8 nitrogen and oxygen atoms in total. The lowest BCUT2D eigenvalue weighted by molar-refractivity contribution is -0.0377. The van der Waals surface area contributed by atoms with E-state index in [0.29, 0.717) is 41.2 Å². The molecular formula is C31H45FN6O2. The second kappa shape index (κ2) is 12.0. The summed E-state index contributed by atoms with van der Waals surface area (Å²) in [5, 5.41) is 0. The number of halogens is 1. The van der Waals surface area contributed by atoms with Gasteiger partial charge in [0.1, 0.15) is 17.9 Å². The Morgan fingerprint density at radius 1 is 1.18 bits per heavy atom. The average molecular weight is 553 g/mol. The maximum atomic E-state index is 14.3. The molecule has 218 valence electrons. The zero-order valence-corrected chi connectivity index (χ0v) is 24.5. The minimum atomic E-state index is -0.472. The third-order valence-corrected chi connectivity index (χ3v) is 8.81. The van der Waals surface area contributed by atoms with Gasteiger partial charge in [-0.2, -0.15) is 0 Å². The van der Waals surface area contributed by atoms with E-state index in [9.17, 15) is 9.18 Å². The van der Waals surface area contributed by atoms with Crippen molar-refractivity contribution >= 4 is 11.7 Å². The molecule has 1 atom stereocenters. The predicted octanol–water partition coefficient (Wildman–Crippen LogP) is 4.94. The molecular weight excluding hydrogens is 507 g/mol. The Labute approximate surface area is 238 Å². The summed E-state index contributed by atoms with van der Waals surface area (Å²) in [5.74, 6) is 1.62. The first-order chi connectivity index (χ1) is 19.1. The lowest BCUT2D eigenvalue weighted by Gasteiger charge is -2.54. The maximum absolute atomic E-state index is 14.3. The highest BCUT2D eigenvalue weighted by Crippen LogP contribution is 2.44. The second-order valence-corrected chi connectivity index (χ2v) is 13.0. The number of hydrogen-bond acceptors (Lipinski definition) is 7. The fourth-order valence-electron chi connectivity index (χ4n) is 6.71. The molecule has 0 radical (unpaired) electrons. The van der Waals surface area contributed by atoms with Crippen LogP contribution in [0.2, 0.25) is 0 Å². The molecule has 0 bridgehead atoms. The summed E-state index contributed by atoms with van der Waals surface area (Å²) < 4.78 is 20.6. The molecule has 1 aliphatic carbocycles. The third-order valence-electron chi connectivity index (χ3n) is 8.81. The van der Waals surface area contributed by atoms with Crippen LogP contribution in [0.3, 0.4) is 0 Å². The first-order valence-electron chi connectivity index (χ1n) is 14.9. The molecule has 3 aliphatic rings. The smallest absolute Gasteiger partial charge is 0.257 e. The third kappa shape index (κ3) is 6.41. The molecule has 5 rings (SSSR count). The molecule has 1 amide bonds. The SMILES string of the molecule is CC(C)CN(C(=O)c1cc(F)ccc1Oc1cncnc1N1CC[C@@H](CN2CC3(CCC(N)CC3)C2)C1)C(C)C. The van der Waals surface area contributed by atoms with Crippen molar-refractivity contribution in [3.05, 3.63) is 42.1 Å². The molecule has 3 heterocycles. The lowest BCUT2D eigenvalue weighted by atomic mass is 9.67. The second-order valence-electron chi connectivity index (χ2n) is 13.0. The van der Waals surface area contributed by atoms with Crippen LogP contribution in [0.1, 0.15) is 70.2 Å². The van der Waals surface area contributed by atoms with E-state index in [1.807, 2.05) is 13.8 Å². The molecule has 1 saturated carbocycles. The summed E-state index contributed by atoms with van der Waals surface area (Å²) in [6.45, 7) is 13.9. The number of nitrogens with zero attached hydrogens (tertiary/aromatic N) is 5. The molecule has 3 fully saturated rings. The van der Waals surface area contributed by atoms with E-state index in [0.717, 1.165) is 38.9 Å². The van der Waals surface area contributed by atoms with Gasteiger partial charge < -0.3 is 25.2 Å². The van der Waals surface area contributed by atoms with E-state index >= 15 is 0 Å². The lowest BCUT2D eigenvalue weighted by Crippen LogP contribution is -2.59. The van der Waals surface area contributed by atoms with Gasteiger partial charge in [-0.25, -0.2) is 14.4 Å². The van der Waals surface area contributed by atoms with E-state index in [1.54, 1.807) is 11.1 Å². The fourth-order valence-corrected chi connectivity index (χ4v) is 6.71. The van der Waals surface area contributed by atoms with Crippen LogP contribution in [0.5, 0.6) is 11.5 Å². The van der Waals surface area contributed by atoms with E-state index in [4.69, 9.17) is 10.5 Å². The van der Waals surface area contributed by atoms with Crippen LogP contribution in [0.15, 0.2) is 30.7 Å². The summed E-state index contributed by atoms with van der Waals surface area (Å²) in [4.78, 5) is 29.0. The number of benzene rings is 1. The Kier molecular flexibility index (Phi) is 8.61. The molecule has 2 N–H and O–H groups in total. The van der Waals surface area contributed by atoms with Gasteiger partial charge in [0.25, 0.3) is 5.91 Å². The standard InChI is InChI=1S/C31H45FN6O2/c1-21(2)15-38(22(3)4)30(39)26-13-24(32)5-6-27(26)40-28-14-34-20-35-29(28)37-12-9-23(17-37)16-36-18-31(19-36)10-7-25(33)8-11-31/h5-6,13-14,20-23,25H,7-12,15-19,33H2,1-4H3/t23-/m0/s1. The number of aromatic nitrogens is 2. The van der Waals surface area contributed by atoms with E-state index < -0.39 is 5.82 Å². The molecule has 9 heteroatoms. The van der Waals surface area contributed by atoms with Gasteiger partial charge >= 0.3 is 0 Å². The summed E-state index contributed by atoms with van der Waals surface area (Å²) in [5.41, 5.74) is 6.84. The molecule has 1 spiro atoms. The number of rotatable bonds is 9. The van der Waals surface area contributed by atoms with E-state index in [2.05, 4.69) is 33.6 Å². The Bertz CT molecular complexity index is 1170. The number of nitrogens with two attached hydrogens (primary N) is 1. The van der Waals surface area contributed by atoms with Crippen molar-refractivity contribution in [3.8, 4) is 11.5 Å². The van der Waals surface area contributed by atoms with Gasteiger partial charge in [-0.05, 0) is 81.4 Å². The van der Waals surface area contributed by atoms with Crippen LogP contribution in [0.4, 0.5) is 10.2 Å². The van der Waals surface area contributed by atoms with Gasteiger partial charge in [-0.1, -0.05) is 13.8 Å². The Hall–Kier alpha value is -2.78. The number of likely N-dealkylation sites (tertiary alicyclic amines) is 1. The van der Waals surface area contributed by atoms with Crippen molar-refractivity contribution in [1.82, 2.24) is 19.8 Å². The van der Waals surface area contributed by atoms with Crippen molar-refractivity contribution in [2.45, 2.75) is 71.9 Å². The monoisotopic (exact) mass is 552 g/mol. The number of anilines is 1. The molecule has 2 aliphatic heterocycles. The molecule has 0 unspecified atom stereocenters. The van der Waals surface area contributed by atoms with Crippen LogP contribution < -0.4 is 15.4 Å². The molecule has 2 saturated heterocycles. The van der Waals surface area contributed by atoms with Crippen LogP contribution in [-0.2, 0) is 0 Å². The minimum absolute atomic E-state index is 0.0276. The topological polar surface area (TPSA) is 87.8 Å². The van der Waals surface area contributed by atoms with Gasteiger partial charge in [-0.15, -0.1) is 0 Å². The number of carbonyl (C=O) groups excluding carboxylic acids is 1. The van der Waals surface area contributed by atoms with Gasteiger partial charge in [0.15, 0.2) is 11.6 Å². The Balaban J connectivity index is 1.26. The van der Waals surface area contributed by atoms with Gasteiger partial charge in [0.05, 0.1) is 11.8 Å². The van der Waals surface area contributed by atoms with Crippen LogP contribution in [0, 0.1) is 23.1 Å². The quantitative estimate of drug-likeness (QED) is 0.471. The Morgan fingerprint density at radius 3 is 2.62 bits per heavy atom. The number of carbonyl (C=O) groups is 1. The van der Waals surface area contributed by atoms with Gasteiger partial charge in [0, 0.05) is 51.4 Å². The average Bonchev–Trinajstić information content (AvgIpc) is 3.37. The zero-order valence-electron chi connectivity index (χ0n) is 24.5. The summed E-state index contributed by atoms with van der Waals surface area (Å²) >= 11 is 0. The van der Waals surface area contributed by atoms with Crippen LogP contribution >= 0.6 is 0 Å². The summed E-state index contributed by atoms with van der Waals surface area (Å²) in [7, 11) is 0. The van der Waals surface area contributed by atoms with Crippen molar-refractivity contribution in [2.24, 2.45) is 23.0 Å². The molecule has 1 aromatic heterocycles. The van der Waals surface area contributed by atoms with Crippen molar-refractivity contribution in [3.63, 3.8) is 0 Å². The van der Waals surface area contributed by atoms with Crippen molar-refractivity contribution in [1.29, 1.82) is 0 Å². The van der Waals surface area contributed by atoms with E-state index in [-0.39, 0.29) is 23.4 Å². The molecule has 1 aromatic carbocycles. The van der Waals surface area contributed by atoms with Gasteiger partial charge in [-0.3, -0.25) is 4.79 Å². The minimum Gasteiger partial charge on any atom is -0.451 e. The highest BCUT2D eigenvalue weighted by atomic mass is 19.1. The first-order valence-corrected chi connectivity index (χ1v) is 14.9. The number of ether oxygens (including phenoxy) is 1. The molecule has 40 heavy (non-hydrogen) atoms. The number of hydrogen-bond donors (Lipinski definition) is 1. The molecule has 2 aromatic rings. The number of amides is 1. The van der Waals surface area contributed by atoms with E-state index in [1.165, 1.54) is 50.5 Å². The first kappa shape index (κ1) is 28.7. The van der Waals surface area contributed by atoms with Gasteiger partial charge in [0.2, 0.25) is 0 Å². The maximum Gasteiger partial charge on any atom is 0.257 e. The van der Waals surface area contributed by atoms with Crippen molar-refractivity contribution < 1.29 is 13.9 Å². The summed E-state index contributed by atoms with van der Waals surface area (Å²) in [6.07, 6.45) is 9.12. The Morgan fingerprint density at radius 2 is 1.93 bits per heavy atom. The van der Waals surface area contributed by atoms with Crippen LogP contribution in [0.25, 0.3) is 0 Å². The fraction of sp³-hybridized carbons (Fsp3) is 0.645. The highest BCUT2D eigenvalue weighted by Gasteiger charge is 2.45. The normalized spacial score (nSPS) is 21.3. The highest BCUT2D eigenvalue weighted by molar-refractivity contribution is 5.97. The van der Waals surface area contributed by atoms with Crippen molar-refractivity contribution in [2.75, 3.05) is 44.2 Å². The largest absolute Gasteiger partial charge is 0.451 e.